The van der Waals surface area contributed by atoms with Crippen molar-refractivity contribution in [2.75, 3.05) is 7.11 Å². The first kappa shape index (κ1) is 35.0. The van der Waals surface area contributed by atoms with Crippen molar-refractivity contribution < 1.29 is 33.7 Å². The normalized spacial score (nSPS) is 40.6. The Labute approximate surface area is 286 Å². The molecule has 0 spiro atoms. The maximum atomic E-state index is 14.1. The number of aliphatic hydroxyl groups is 1. The van der Waals surface area contributed by atoms with Crippen LogP contribution in [0.4, 0.5) is 9.59 Å². The van der Waals surface area contributed by atoms with Crippen LogP contribution in [0.3, 0.4) is 0 Å². The number of esters is 1. The zero-order chi connectivity index (χ0) is 34.8. The van der Waals surface area contributed by atoms with Crippen molar-refractivity contribution in [3.63, 3.8) is 0 Å². The van der Waals surface area contributed by atoms with Gasteiger partial charge in [-0.25, -0.2) is 9.59 Å². The molecule has 4 fully saturated rings. The third-order valence-corrected chi connectivity index (χ3v) is 14.2. The molecule has 9 heteroatoms. The Hall–Kier alpha value is -2.81. The Kier molecular flexibility index (Phi) is 9.13. The van der Waals surface area contributed by atoms with Gasteiger partial charge < -0.3 is 30.0 Å². The Morgan fingerprint density at radius 3 is 2.23 bits per heavy atom. The zero-order valence-corrected chi connectivity index (χ0v) is 30.3. The molecule has 9 nitrogen and oxygen atoms in total. The van der Waals surface area contributed by atoms with E-state index >= 15 is 0 Å². The first-order chi connectivity index (χ1) is 22.5. The van der Waals surface area contributed by atoms with Crippen LogP contribution in [-0.4, -0.2) is 48.7 Å². The molecule has 6 aliphatic rings. The fourth-order valence-electron chi connectivity index (χ4n) is 11.3. The van der Waals surface area contributed by atoms with E-state index in [9.17, 15) is 19.5 Å². The second-order valence-corrected chi connectivity index (χ2v) is 17.5. The van der Waals surface area contributed by atoms with Crippen LogP contribution in [0, 0.1) is 46.3 Å². The molecule has 0 unspecified atom stereocenters. The van der Waals surface area contributed by atoms with Crippen molar-refractivity contribution in [2.24, 2.45) is 46.3 Å². The van der Waals surface area contributed by atoms with Gasteiger partial charge in [0.05, 0.1) is 24.3 Å². The fourth-order valence-corrected chi connectivity index (χ4v) is 11.3. The van der Waals surface area contributed by atoms with E-state index in [-0.39, 0.29) is 64.5 Å². The van der Waals surface area contributed by atoms with Gasteiger partial charge in [0.25, 0.3) is 0 Å². The van der Waals surface area contributed by atoms with Gasteiger partial charge in [-0.2, -0.15) is 0 Å². The molecule has 7 rings (SSSR count). The molecule has 0 aromatic heterocycles. The summed E-state index contributed by atoms with van der Waals surface area (Å²) in [6.07, 6.45) is 4.85. The summed E-state index contributed by atoms with van der Waals surface area (Å²) in [7, 11) is 1.43. The van der Waals surface area contributed by atoms with Gasteiger partial charge >= 0.3 is 18.2 Å². The van der Waals surface area contributed by atoms with Crippen LogP contribution in [0.25, 0.3) is 0 Å². The summed E-state index contributed by atoms with van der Waals surface area (Å²) >= 11 is 0. The van der Waals surface area contributed by atoms with E-state index in [1.807, 2.05) is 52.0 Å². The van der Waals surface area contributed by atoms with E-state index in [4.69, 9.17) is 14.2 Å². The van der Waals surface area contributed by atoms with Crippen LogP contribution in [0.5, 0.6) is 0 Å². The van der Waals surface area contributed by atoms with Crippen molar-refractivity contribution in [1.29, 1.82) is 0 Å². The van der Waals surface area contributed by atoms with E-state index in [0.29, 0.717) is 25.7 Å². The Balaban J connectivity index is 1.40. The maximum Gasteiger partial charge on any atom is 0.408 e. The average molecular weight is 667 g/mol. The van der Waals surface area contributed by atoms with E-state index in [1.54, 1.807) is 0 Å². The van der Waals surface area contributed by atoms with Gasteiger partial charge in [-0.3, -0.25) is 4.79 Å². The fraction of sp³-hybridized carbons (Fsp3) is 0.769. The van der Waals surface area contributed by atoms with Crippen molar-refractivity contribution in [1.82, 2.24) is 10.6 Å². The van der Waals surface area contributed by atoms with E-state index in [0.717, 1.165) is 43.2 Å². The lowest BCUT2D eigenvalue weighted by molar-refractivity contribution is -0.207. The quantitative estimate of drug-likeness (QED) is 0.230. The number of amides is 2. The number of benzene rings is 1. The third-order valence-electron chi connectivity index (χ3n) is 14.2. The van der Waals surface area contributed by atoms with E-state index < -0.39 is 29.4 Å². The first-order valence-electron chi connectivity index (χ1n) is 18.3. The smallest absolute Gasteiger partial charge is 0.408 e. The molecule has 4 saturated carbocycles. The molecule has 48 heavy (non-hydrogen) atoms. The summed E-state index contributed by atoms with van der Waals surface area (Å²) in [6.45, 7) is 14.7. The molecule has 2 aliphatic heterocycles. The maximum absolute atomic E-state index is 14.1. The Morgan fingerprint density at radius 1 is 0.938 bits per heavy atom. The SMILES string of the molecule is COC(=O)CC[C@@H](C)[C@H]1CC[C@H]2[C@@H]3[C@H](O)C[C@@H]4C[C@H]5CC[C@]4(C)[C@H]3C[C@H](OC(=O)NC(C)(C)c3cccc(c3)C(C)(C)NC(=O)O5)[C@]12C. The summed E-state index contributed by atoms with van der Waals surface area (Å²) in [6, 6.07) is 7.94. The van der Waals surface area contributed by atoms with Gasteiger partial charge in [0, 0.05) is 11.8 Å². The molecule has 3 N–H and O–H groups in total. The number of rotatable bonds is 4. The summed E-state index contributed by atoms with van der Waals surface area (Å²) < 4.78 is 17.7. The molecule has 266 valence electrons. The molecule has 2 amide bonds. The number of ether oxygens (including phenoxy) is 3. The first-order valence-corrected chi connectivity index (χ1v) is 18.3. The number of nitrogens with one attached hydrogen (secondary N) is 2. The highest BCUT2D eigenvalue weighted by Gasteiger charge is 2.67. The summed E-state index contributed by atoms with van der Waals surface area (Å²) in [5.41, 5.74) is -0.100. The molecule has 4 aliphatic carbocycles. The lowest BCUT2D eigenvalue weighted by Crippen LogP contribution is -2.63. The van der Waals surface area contributed by atoms with E-state index in [1.165, 1.54) is 7.11 Å². The highest BCUT2D eigenvalue weighted by Crippen LogP contribution is 2.69. The number of hydrogen-bond acceptors (Lipinski definition) is 7. The standard InChI is InChI=1S/C39H58N2O7/c1-22(12-15-32(43)46-8)27-13-14-28-33-29-21-31(39(27,28)7)48-35(45)41-37(4,5)24-11-9-10-23(18-24)36(2,3)40-34(44)47-26-16-17-38(29,6)25(19-26)20-30(33)42/h9-11,18,22,25-31,33,42H,12-17,19-21H2,1-8H3,(H,40,44)(H,41,45)/t22-,25+,26-,27-,28+,29+,30-,31+,33+,38+,39-/m1/s1. The van der Waals surface area contributed by atoms with Crippen LogP contribution in [-0.2, 0) is 30.1 Å². The molecule has 1 aromatic carbocycles. The van der Waals surface area contributed by atoms with Crippen LogP contribution in [0.2, 0.25) is 0 Å². The third kappa shape index (κ3) is 6.00. The number of alkyl carbamates (subject to hydrolysis) is 2. The minimum absolute atomic E-state index is 0.0738. The number of carbonyl (C=O) groups excluding carboxylic acids is 3. The topological polar surface area (TPSA) is 123 Å². The predicted octanol–water partition coefficient (Wildman–Crippen LogP) is 7.19. The van der Waals surface area contributed by atoms with Crippen LogP contribution in [0.15, 0.2) is 24.3 Å². The van der Waals surface area contributed by atoms with Gasteiger partial charge in [0.1, 0.15) is 12.2 Å². The summed E-state index contributed by atoms with van der Waals surface area (Å²) in [5, 5.41) is 18.3. The monoisotopic (exact) mass is 666 g/mol. The Morgan fingerprint density at radius 2 is 1.58 bits per heavy atom. The summed E-state index contributed by atoms with van der Waals surface area (Å²) in [5.74, 6) is 0.900. The molecule has 0 saturated heterocycles. The Bertz CT molecular complexity index is 1410. The minimum Gasteiger partial charge on any atom is -0.469 e. The number of aliphatic hydroxyl groups excluding tert-OH is 1. The highest BCUT2D eigenvalue weighted by molar-refractivity contribution is 5.70. The number of fused-ring (bicyclic) bond motifs is 9. The van der Waals surface area contributed by atoms with Gasteiger partial charge in [-0.05, 0) is 131 Å². The largest absolute Gasteiger partial charge is 0.469 e. The van der Waals surface area contributed by atoms with Gasteiger partial charge in [0.2, 0.25) is 0 Å². The second kappa shape index (κ2) is 12.5. The molecular formula is C39H58N2O7. The highest BCUT2D eigenvalue weighted by atomic mass is 16.6. The molecule has 7 bridgehead atoms. The van der Waals surface area contributed by atoms with Crippen molar-refractivity contribution in [2.45, 2.75) is 136 Å². The average Bonchev–Trinajstić information content (AvgIpc) is 3.38. The minimum atomic E-state index is -0.757. The number of methoxy groups -OCH3 is 1. The van der Waals surface area contributed by atoms with Crippen molar-refractivity contribution >= 4 is 18.2 Å². The van der Waals surface area contributed by atoms with Crippen LogP contribution >= 0.6 is 0 Å². The molecule has 1 aromatic rings. The van der Waals surface area contributed by atoms with Gasteiger partial charge in [-0.1, -0.05) is 45.0 Å². The van der Waals surface area contributed by atoms with Crippen molar-refractivity contribution in [3.05, 3.63) is 35.4 Å². The molecule has 11 atom stereocenters. The summed E-state index contributed by atoms with van der Waals surface area (Å²) in [4.78, 5) is 39.5. The lowest BCUT2D eigenvalue weighted by Gasteiger charge is -2.64. The predicted molar refractivity (Wildman–Crippen MR) is 182 cm³/mol. The van der Waals surface area contributed by atoms with Crippen LogP contribution < -0.4 is 10.6 Å². The molecule has 2 heterocycles. The van der Waals surface area contributed by atoms with Crippen molar-refractivity contribution in [3.8, 4) is 0 Å². The number of carbonyl (C=O) groups is 3. The van der Waals surface area contributed by atoms with Crippen LogP contribution in [0.1, 0.15) is 117 Å². The molecule has 0 radical (unpaired) electrons. The van der Waals surface area contributed by atoms with E-state index in [2.05, 4.69) is 31.4 Å². The van der Waals surface area contributed by atoms with Gasteiger partial charge in [0.15, 0.2) is 0 Å². The zero-order valence-electron chi connectivity index (χ0n) is 30.3. The second-order valence-electron chi connectivity index (χ2n) is 17.5. The van der Waals surface area contributed by atoms with Gasteiger partial charge in [-0.15, -0.1) is 0 Å². The lowest BCUT2D eigenvalue weighted by atomic mass is 9.43. The number of hydrogen-bond donors (Lipinski definition) is 3. The molecular weight excluding hydrogens is 608 g/mol.